The third-order valence-electron chi connectivity index (χ3n) is 3.54. The molecular weight excluding hydrogens is 354 g/mol. The zero-order valence-electron chi connectivity index (χ0n) is 14.0. The molecule has 8 heteroatoms. The Morgan fingerprint density at radius 3 is 2.85 bits per heavy atom. The van der Waals surface area contributed by atoms with Crippen LogP contribution in [0.15, 0.2) is 55.0 Å². The first-order chi connectivity index (χ1) is 12.7. The third-order valence-corrected chi connectivity index (χ3v) is 3.79. The van der Waals surface area contributed by atoms with Crippen LogP contribution in [0.2, 0.25) is 5.02 Å². The van der Waals surface area contributed by atoms with Crippen LogP contribution in [0.25, 0.3) is 0 Å². The van der Waals surface area contributed by atoms with Gasteiger partial charge in [-0.1, -0.05) is 28.9 Å². The molecular formula is C18H18ClN5O2. The van der Waals surface area contributed by atoms with E-state index in [-0.39, 0.29) is 11.6 Å². The Morgan fingerprint density at radius 1 is 1.23 bits per heavy atom. The van der Waals surface area contributed by atoms with Crippen LogP contribution in [0.5, 0.6) is 5.75 Å². The largest absolute Gasteiger partial charge is 0.492 e. The normalized spacial score (nSPS) is 10.5. The Hall–Kier alpha value is -2.93. The number of aromatic nitrogens is 4. The molecule has 0 aliphatic carbocycles. The molecule has 2 aromatic heterocycles. The summed E-state index contributed by atoms with van der Waals surface area (Å²) in [6, 6.07) is 11.1. The Bertz CT molecular complexity index is 836. The van der Waals surface area contributed by atoms with E-state index in [1.54, 1.807) is 23.3 Å². The van der Waals surface area contributed by atoms with Gasteiger partial charge in [0, 0.05) is 17.8 Å². The van der Waals surface area contributed by atoms with Crippen molar-refractivity contribution in [1.82, 2.24) is 25.3 Å². The molecule has 0 aliphatic heterocycles. The number of hydrogen-bond acceptors (Lipinski definition) is 5. The fourth-order valence-corrected chi connectivity index (χ4v) is 2.37. The van der Waals surface area contributed by atoms with E-state index in [2.05, 4.69) is 20.6 Å². The van der Waals surface area contributed by atoms with Gasteiger partial charge < -0.3 is 10.1 Å². The Morgan fingerprint density at radius 2 is 2.08 bits per heavy atom. The van der Waals surface area contributed by atoms with E-state index >= 15 is 0 Å². The van der Waals surface area contributed by atoms with Gasteiger partial charge in [-0.3, -0.25) is 9.78 Å². The van der Waals surface area contributed by atoms with Crippen molar-refractivity contribution in [3.8, 4) is 5.75 Å². The quantitative estimate of drug-likeness (QED) is 0.615. The summed E-state index contributed by atoms with van der Waals surface area (Å²) in [5.41, 5.74) is 1.31. The maximum Gasteiger partial charge on any atom is 0.273 e. The molecule has 3 rings (SSSR count). The van der Waals surface area contributed by atoms with Crippen molar-refractivity contribution in [2.75, 3.05) is 13.2 Å². The Balaban J connectivity index is 1.41. The van der Waals surface area contributed by atoms with Gasteiger partial charge in [-0.2, -0.15) is 0 Å². The molecule has 0 atom stereocenters. The number of hydrogen-bond donors (Lipinski definition) is 1. The molecule has 0 spiro atoms. The van der Waals surface area contributed by atoms with Crippen LogP contribution >= 0.6 is 11.6 Å². The van der Waals surface area contributed by atoms with Crippen LogP contribution in [-0.2, 0) is 6.54 Å². The van der Waals surface area contributed by atoms with Crippen molar-refractivity contribution in [3.63, 3.8) is 0 Å². The molecule has 3 aromatic rings. The van der Waals surface area contributed by atoms with Gasteiger partial charge in [0.1, 0.15) is 5.75 Å². The van der Waals surface area contributed by atoms with Gasteiger partial charge >= 0.3 is 0 Å². The maximum absolute atomic E-state index is 12.1. The lowest BCUT2D eigenvalue weighted by atomic mass is 10.2. The first-order valence-electron chi connectivity index (χ1n) is 8.16. The summed E-state index contributed by atoms with van der Waals surface area (Å²) in [5, 5.41) is 11.4. The molecule has 1 aromatic carbocycles. The molecule has 26 heavy (non-hydrogen) atoms. The van der Waals surface area contributed by atoms with E-state index in [0.717, 1.165) is 5.56 Å². The van der Waals surface area contributed by atoms with E-state index in [9.17, 15) is 4.79 Å². The van der Waals surface area contributed by atoms with Crippen molar-refractivity contribution in [2.24, 2.45) is 0 Å². The number of ether oxygens (including phenoxy) is 1. The third kappa shape index (κ3) is 5.29. The molecule has 2 heterocycles. The minimum atomic E-state index is -0.256. The Kier molecular flexibility index (Phi) is 6.16. The zero-order chi connectivity index (χ0) is 18.2. The predicted octanol–water partition coefficient (Wildman–Crippen LogP) is 2.57. The number of nitrogens with zero attached hydrogens (tertiary/aromatic N) is 4. The standard InChI is InChI=1S/C18H18ClN5O2/c19-15-6-4-14(5-7-15)12-24-13-17(22-23-24)18(25)21-9-2-10-26-16-3-1-8-20-11-16/h1,3-8,11,13H,2,9-10,12H2,(H,21,25). The summed E-state index contributed by atoms with van der Waals surface area (Å²) in [6.45, 7) is 1.51. The highest BCUT2D eigenvalue weighted by Crippen LogP contribution is 2.10. The second-order valence-electron chi connectivity index (χ2n) is 5.57. The van der Waals surface area contributed by atoms with E-state index < -0.39 is 0 Å². The molecule has 7 nitrogen and oxygen atoms in total. The maximum atomic E-state index is 12.1. The summed E-state index contributed by atoms with van der Waals surface area (Å²) >= 11 is 5.87. The lowest BCUT2D eigenvalue weighted by Crippen LogP contribution is -2.25. The molecule has 134 valence electrons. The first kappa shape index (κ1) is 17.9. The summed E-state index contributed by atoms with van der Waals surface area (Å²) in [7, 11) is 0. The van der Waals surface area contributed by atoms with Crippen LogP contribution in [-0.4, -0.2) is 39.0 Å². The van der Waals surface area contributed by atoms with Crippen LogP contribution in [0.4, 0.5) is 0 Å². The number of amides is 1. The van der Waals surface area contributed by atoms with E-state index in [4.69, 9.17) is 16.3 Å². The average molecular weight is 372 g/mol. The predicted molar refractivity (Wildman–Crippen MR) is 97.3 cm³/mol. The highest BCUT2D eigenvalue weighted by Gasteiger charge is 2.10. The topological polar surface area (TPSA) is 81.9 Å². The van der Waals surface area contributed by atoms with E-state index in [1.165, 1.54) is 0 Å². The minimum Gasteiger partial charge on any atom is -0.492 e. The molecule has 0 aliphatic rings. The zero-order valence-corrected chi connectivity index (χ0v) is 14.8. The van der Waals surface area contributed by atoms with Crippen molar-refractivity contribution >= 4 is 17.5 Å². The summed E-state index contributed by atoms with van der Waals surface area (Å²) in [4.78, 5) is 16.1. The molecule has 0 saturated heterocycles. The van der Waals surface area contributed by atoms with Gasteiger partial charge in [-0.25, -0.2) is 4.68 Å². The van der Waals surface area contributed by atoms with Gasteiger partial charge in [0.25, 0.3) is 5.91 Å². The number of pyridine rings is 1. The summed E-state index contributed by atoms with van der Waals surface area (Å²) < 4.78 is 7.13. The molecule has 0 radical (unpaired) electrons. The van der Waals surface area contributed by atoms with Crippen LogP contribution < -0.4 is 10.1 Å². The number of nitrogens with one attached hydrogen (secondary N) is 1. The van der Waals surface area contributed by atoms with Crippen molar-refractivity contribution in [2.45, 2.75) is 13.0 Å². The van der Waals surface area contributed by atoms with Crippen LogP contribution in [0.3, 0.4) is 0 Å². The molecule has 0 bridgehead atoms. The van der Waals surface area contributed by atoms with Gasteiger partial charge in [-0.05, 0) is 36.2 Å². The molecule has 0 fully saturated rings. The van der Waals surface area contributed by atoms with Crippen molar-refractivity contribution in [3.05, 3.63) is 71.3 Å². The number of carbonyl (C=O) groups excluding carboxylic acids is 1. The highest BCUT2D eigenvalue weighted by atomic mass is 35.5. The average Bonchev–Trinajstić information content (AvgIpc) is 3.13. The lowest BCUT2D eigenvalue weighted by molar-refractivity contribution is 0.0946. The van der Waals surface area contributed by atoms with Crippen molar-refractivity contribution in [1.29, 1.82) is 0 Å². The molecule has 1 amide bonds. The number of halogens is 1. The number of carbonyl (C=O) groups is 1. The fourth-order valence-electron chi connectivity index (χ4n) is 2.24. The number of rotatable bonds is 8. The van der Waals surface area contributed by atoms with Crippen LogP contribution in [0.1, 0.15) is 22.5 Å². The molecule has 1 N–H and O–H groups in total. The first-order valence-corrected chi connectivity index (χ1v) is 8.54. The van der Waals surface area contributed by atoms with Gasteiger partial charge in [0.2, 0.25) is 0 Å². The summed E-state index contributed by atoms with van der Waals surface area (Å²) in [5.74, 6) is 0.456. The van der Waals surface area contributed by atoms with Crippen LogP contribution in [0, 0.1) is 0 Å². The lowest BCUT2D eigenvalue weighted by Gasteiger charge is -2.05. The minimum absolute atomic E-state index is 0.256. The fraction of sp³-hybridized carbons (Fsp3) is 0.222. The Labute approximate surface area is 156 Å². The van der Waals surface area contributed by atoms with Gasteiger partial charge in [-0.15, -0.1) is 5.10 Å². The molecule has 0 saturated carbocycles. The second kappa shape index (κ2) is 8.96. The second-order valence-corrected chi connectivity index (χ2v) is 6.01. The van der Waals surface area contributed by atoms with E-state index in [1.807, 2.05) is 36.4 Å². The highest BCUT2D eigenvalue weighted by molar-refractivity contribution is 6.30. The SMILES string of the molecule is O=C(NCCCOc1cccnc1)c1cn(Cc2ccc(Cl)cc2)nn1. The molecule has 0 unspecified atom stereocenters. The smallest absolute Gasteiger partial charge is 0.273 e. The summed E-state index contributed by atoms with van der Waals surface area (Å²) in [6.07, 6.45) is 5.64. The van der Waals surface area contributed by atoms with Gasteiger partial charge in [0.15, 0.2) is 5.69 Å². The monoisotopic (exact) mass is 371 g/mol. The number of benzene rings is 1. The van der Waals surface area contributed by atoms with Crippen molar-refractivity contribution < 1.29 is 9.53 Å². The van der Waals surface area contributed by atoms with Gasteiger partial charge in [0.05, 0.1) is 25.5 Å². The van der Waals surface area contributed by atoms with E-state index in [0.29, 0.717) is 36.9 Å².